The van der Waals surface area contributed by atoms with Gasteiger partial charge in [-0.15, -0.1) is 13.2 Å². The first-order valence-electron chi connectivity index (χ1n) is 12.0. The molecule has 0 aliphatic rings. The molecule has 2 aromatic carbocycles. The molecule has 2 rings (SSSR count). The number of hydrogen-bond donors (Lipinski definition) is 0. The van der Waals surface area contributed by atoms with Gasteiger partial charge in [-0.2, -0.15) is 0 Å². The summed E-state index contributed by atoms with van der Waals surface area (Å²) in [5.41, 5.74) is 2.91. The lowest BCUT2D eigenvalue weighted by Gasteiger charge is -2.02. The molecule has 0 aliphatic heterocycles. The first-order valence-corrected chi connectivity index (χ1v) is 12.0. The van der Waals surface area contributed by atoms with Gasteiger partial charge in [0.15, 0.2) is 0 Å². The molecule has 0 heteroatoms. The van der Waals surface area contributed by atoms with E-state index in [1.807, 2.05) is 69.2 Å². The molecule has 0 saturated heterocycles. The number of allylic oxidation sites excluding steroid dienone is 2. The quantitative estimate of drug-likeness (QED) is 0.296. The Kier molecular flexibility index (Phi) is 119. The second-order valence-electron chi connectivity index (χ2n) is 4.99. The number of unbranched alkanes of at least 4 members (excludes halogenated alkanes) is 1. The highest BCUT2D eigenvalue weighted by Crippen LogP contribution is 2.08. The van der Waals surface area contributed by atoms with Crippen LogP contribution in [0.3, 0.4) is 0 Å². The topological polar surface area (TPSA) is 0 Å². The predicted octanol–water partition coefficient (Wildman–Crippen LogP) is 13.3. The fourth-order valence-electron chi connectivity index (χ4n) is 1.95. The van der Waals surface area contributed by atoms with Gasteiger partial charge in [0.1, 0.15) is 0 Å². The number of rotatable bonds is 5. The van der Waals surface area contributed by atoms with Crippen molar-refractivity contribution >= 4 is 0 Å². The molecule has 0 aromatic heterocycles. The third-order valence-electron chi connectivity index (χ3n) is 2.87. The minimum absolute atomic E-state index is 0. The Bertz CT molecular complexity index is 420. The standard InChI is InChI=1S/C16H18.2C3H6.4C2H6.4CH4/c1-3-9-15(10-4-1)13-7-8-14-16-11-5-2-6-12-16;2*1-3-2;4*1-2;;;;/h1-6,9-12H,7-8,13-14H2;2*3H,1H2,2H3;4*1-2H3;4*1H4. The number of benzene rings is 2. The average molecular weight is 479 g/mol. The van der Waals surface area contributed by atoms with Gasteiger partial charge >= 0.3 is 0 Å². The molecular formula is C34H70. The van der Waals surface area contributed by atoms with Crippen LogP contribution in [0.4, 0.5) is 0 Å². The maximum absolute atomic E-state index is 3.36. The van der Waals surface area contributed by atoms with Gasteiger partial charge in [-0.05, 0) is 50.7 Å². The van der Waals surface area contributed by atoms with Crippen molar-refractivity contribution in [3.8, 4) is 0 Å². The lowest BCUT2D eigenvalue weighted by atomic mass is 10.0. The molecule has 34 heavy (non-hydrogen) atoms. The van der Waals surface area contributed by atoms with E-state index in [4.69, 9.17) is 0 Å². The van der Waals surface area contributed by atoms with Crippen molar-refractivity contribution in [2.24, 2.45) is 0 Å². The molecule has 0 radical (unpaired) electrons. The highest BCUT2D eigenvalue weighted by atomic mass is 14.0. The van der Waals surface area contributed by atoms with E-state index in [1.165, 1.54) is 36.8 Å². The van der Waals surface area contributed by atoms with E-state index in [9.17, 15) is 0 Å². The molecule has 0 N–H and O–H groups in total. The first kappa shape index (κ1) is 58.1. The van der Waals surface area contributed by atoms with E-state index in [1.54, 1.807) is 12.2 Å². The largest absolute Gasteiger partial charge is 0.103 e. The molecule has 0 nitrogen and oxygen atoms in total. The van der Waals surface area contributed by atoms with Crippen LogP contribution in [0, 0.1) is 0 Å². The second-order valence-corrected chi connectivity index (χ2v) is 4.99. The molecule has 0 fully saturated rings. The molecule has 0 atom stereocenters. The maximum Gasteiger partial charge on any atom is -0.0279 e. The number of aryl methyl sites for hydroxylation is 2. The Morgan fingerprint density at radius 1 is 0.471 bits per heavy atom. The van der Waals surface area contributed by atoms with E-state index >= 15 is 0 Å². The van der Waals surface area contributed by atoms with Gasteiger partial charge in [0.25, 0.3) is 0 Å². The summed E-state index contributed by atoms with van der Waals surface area (Å²) in [6, 6.07) is 21.5. The Morgan fingerprint density at radius 3 is 0.824 bits per heavy atom. The van der Waals surface area contributed by atoms with Crippen molar-refractivity contribution in [3.05, 3.63) is 97.1 Å². The predicted molar refractivity (Wildman–Crippen MR) is 174 cm³/mol. The highest BCUT2D eigenvalue weighted by Gasteiger charge is 1.94. The monoisotopic (exact) mass is 479 g/mol. The van der Waals surface area contributed by atoms with Crippen LogP contribution in [0.1, 0.15) is 123 Å². The molecule has 0 aliphatic carbocycles. The minimum Gasteiger partial charge on any atom is -0.103 e. The van der Waals surface area contributed by atoms with E-state index in [0.29, 0.717) is 0 Å². The summed E-state index contributed by atoms with van der Waals surface area (Å²) in [6.07, 6.45) is 8.46. The minimum atomic E-state index is 0. The zero-order valence-corrected chi connectivity index (χ0v) is 22.2. The molecule has 0 spiro atoms. The Morgan fingerprint density at radius 2 is 0.647 bits per heavy atom. The molecule has 206 valence electrons. The van der Waals surface area contributed by atoms with E-state index in [2.05, 4.69) is 73.8 Å². The smallest absolute Gasteiger partial charge is 0.0279 e. The second kappa shape index (κ2) is 69.8. The Labute approximate surface area is 221 Å². The highest BCUT2D eigenvalue weighted by molar-refractivity contribution is 5.16. The summed E-state index contributed by atoms with van der Waals surface area (Å²) >= 11 is 0. The fraction of sp³-hybridized carbons (Fsp3) is 0.529. The molecule has 2 aromatic rings. The van der Waals surface area contributed by atoms with Crippen LogP contribution in [0.15, 0.2) is 86.0 Å². The van der Waals surface area contributed by atoms with E-state index in [-0.39, 0.29) is 29.7 Å². The summed E-state index contributed by atoms with van der Waals surface area (Å²) < 4.78 is 0. The van der Waals surface area contributed by atoms with Gasteiger partial charge < -0.3 is 0 Å². The van der Waals surface area contributed by atoms with Crippen LogP contribution >= 0.6 is 0 Å². The first-order chi connectivity index (χ1) is 14.8. The van der Waals surface area contributed by atoms with Crippen LogP contribution in [-0.4, -0.2) is 0 Å². The Balaban J connectivity index is -0.0000000428. The van der Waals surface area contributed by atoms with Crippen LogP contribution in [0.2, 0.25) is 0 Å². The molecule has 0 heterocycles. The Hall–Kier alpha value is -2.08. The van der Waals surface area contributed by atoms with Crippen LogP contribution in [0.25, 0.3) is 0 Å². The van der Waals surface area contributed by atoms with Gasteiger partial charge in [-0.1, -0.05) is 158 Å². The molecule has 0 bridgehead atoms. The van der Waals surface area contributed by atoms with Crippen molar-refractivity contribution in [1.29, 1.82) is 0 Å². The summed E-state index contributed by atoms with van der Waals surface area (Å²) in [6.45, 7) is 26.5. The lowest BCUT2D eigenvalue weighted by Crippen LogP contribution is -1.88. The molecule has 0 saturated carbocycles. The van der Waals surface area contributed by atoms with Gasteiger partial charge in [-0.3, -0.25) is 0 Å². The van der Waals surface area contributed by atoms with Crippen LogP contribution in [0.5, 0.6) is 0 Å². The van der Waals surface area contributed by atoms with Crippen molar-refractivity contribution in [2.75, 3.05) is 0 Å². The number of hydrogen-bond acceptors (Lipinski definition) is 0. The van der Waals surface area contributed by atoms with Crippen LogP contribution < -0.4 is 0 Å². The molecular weight excluding hydrogens is 408 g/mol. The molecule has 0 unspecified atom stereocenters. The summed E-state index contributed by atoms with van der Waals surface area (Å²) in [5.74, 6) is 0. The zero-order valence-electron chi connectivity index (χ0n) is 22.2. The SMILES string of the molecule is C.C.C.C.C=CC.C=CC.CC.CC.CC.CC.c1ccc(CCCCc2ccccc2)cc1. The maximum atomic E-state index is 3.36. The fourth-order valence-corrected chi connectivity index (χ4v) is 1.95. The van der Waals surface area contributed by atoms with E-state index < -0.39 is 0 Å². The lowest BCUT2D eigenvalue weighted by molar-refractivity contribution is 0.734. The van der Waals surface area contributed by atoms with Crippen LogP contribution in [-0.2, 0) is 12.8 Å². The third kappa shape index (κ3) is 57.2. The normalized spacial score (nSPS) is 6.29. The summed E-state index contributed by atoms with van der Waals surface area (Å²) in [7, 11) is 0. The molecule has 0 amide bonds. The zero-order chi connectivity index (χ0) is 24.5. The van der Waals surface area contributed by atoms with Crippen molar-refractivity contribution in [3.63, 3.8) is 0 Å². The van der Waals surface area contributed by atoms with Crippen molar-refractivity contribution in [1.82, 2.24) is 0 Å². The summed E-state index contributed by atoms with van der Waals surface area (Å²) in [4.78, 5) is 0. The van der Waals surface area contributed by atoms with Crippen molar-refractivity contribution < 1.29 is 0 Å². The van der Waals surface area contributed by atoms with Crippen molar-refractivity contribution in [2.45, 2.75) is 125 Å². The average Bonchev–Trinajstić information content (AvgIpc) is 2.84. The van der Waals surface area contributed by atoms with Gasteiger partial charge in [0, 0.05) is 0 Å². The van der Waals surface area contributed by atoms with Gasteiger partial charge in [0.05, 0.1) is 0 Å². The summed E-state index contributed by atoms with van der Waals surface area (Å²) in [5, 5.41) is 0. The third-order valence-corrected chi connectivity index (χ3v) is 2.87. The van der Waals surface area contributed by atoms with E-state index in [0.717, 1.165) is 0 Å². The van der Waals surface area contributed by atoms with Gasteiger partial charge in [-0.25, -0.2) is 0 Å². The van der Waals surface area contributed by atoms with Gasteiger partial charge in [0.2, 0.25) is 0 Å².